The number of hydrazine groups is 1. The van der Waals surface area contributed by atoms with Crippen molar-refractivity contribution < 1.29 is 28.6 Å². The van der Waals surface area contributed by atoms with Crippen molar-refractivity contribution in [2.75, 3.05) is 12.5 Å². The molecule has 0 radical (unpaired) electrons. The summed E-state index contributed by atoms with van der Waals surface area (Å²) in [6.07, 6.45) is 1.31. The molecule has 0 saturated heterocycles. The van der Waals surface area contributed by atoms with Crippen molar-refractivity contribution in [1.82, 2.24) is 25.7 Å². The van der Waals surface area contributed by atoms with E-state index in [4.69, 9.17) is 4.74 Å². The highest BCUT2D eigenvalue weighted by Gasteiger charge is 2.27. The van der Waals surface area contributed by atoms with E-state index < -0.39 is 23.7 Å². The number of aromatic nitrogens is 3. The summed E-state index contributed by atoms with van der Waals surface area (Å²) in [5.41, 5.74) is 7.79. The molecule has 11 nitrogen and oxygen atoms in total. The van der Waals surface area contributed by atoms with Gasteiger partial charge in [-0.2, -0.15) is 9.89 Å². The van der Waals surface area contributed by atoms with Gasteiger partial charge in [0.2, 0.25) is 0 Å². The van der Waals surface area contributed by atoms with Gasteiger partial charge < -0.3 is 9.84 Å². The maximum atomic E-state index is 13.6. The molecule has 3 amide bonds. The fourth-order valence-electron chi connectivity index (χ4n) is 3.40. The third-order valence-electron chi connectivity index (χ3n) is 4.99. The summed E-state index contributed by atoms with van der Waals surface area (Å²) in [5.74, 6) is -1.54. The van der Waals surface area contributed by atoms with E-state index in [1.165, 1.54) is 49.8 Å². The number of benzene rings is 2. The molecule has 4 aromatic rings. The second-order valence-corrected chi connectivity index (χ2v) is 7.29. The standard InChI is InChI=1S/C24H19FN6O5/c1-36-18-6-2-4-15(12-18)19-20(14-7-9-17(25)10-8-14)29-31(30-24(34)35)21(19)23(33)28-27-22(32)16-5-3-11-26-13-16/h2-13,30H,1H3,(H,27,32)(H,28,33)(H,34,35). The zero-order valence-corrected chi connectivity index (χ0v) is 18.7. The van der Waals surface area contributed by atoms with Crippen LogP contribution in [0.15, 0.2) is 73.1 Å². The molecule has 0 atom stereocenters. The minimum Gasteiger partial charge on any atom is -0.497 e. The Kier molecular flexibility index (Phi) is 6.86. The first-order valence-corrected chi connectivity index (χ1v) is 10.4. The third-order valence-corrected chi connectivity index (χ3v) is 4.99. The number of rotatable bonds is 6. The minimum atomic E-state index is -1.49. The van der Waals surface area contributed by atoms with Crippen LogP contribution in [-0.2, 0) is 0 Å². The SMILES string of the molecule is COc1cccc(-c2c(-c3ccc(F)cc3)nn(NC(=O)O)c2C(=O)NNC(=O)c2cccnc2)c1. The van der Waals surface area contributed by atoms with Gasteiger partial charge in [-0.1, -0.05) is 12.1 Å². The largest absolute Gasteiger partial charge is 0.497 e. The Morgan fingerprint density at radius 3 is 2.39 bits per heavy atom. The highest BCUT2D eigenvalue weighted by Crippen LogP contribution is 2.36. The molecule has 0 spiro atoms. The fourth-order valence-corrected chi connectivity index (χ4v) is 3.40. The average Bonchev–Trinajstić information content (AvgIpc) is 3.26. The predicted molar refractivity (Wildman–Crippen MR) is 126 cm³/mol. The molecule has 4 rings (SSSR count). The number of halogens is 1. The van der Waals surface area contributed by atoms with Gasteiger partial charge in [-0.3, -0.25) is 25.4 Å². The van der Waals surface area contributed by atoms with Crippen LogP contribution in [0.25, 0.3) is 22.4 Å². The molecule has 0 aliphatic carbocycles. The summed E-state index contributed by atoms with van der Waals surface area (Å²) in [4.78, 5) is 41.8. The summed E-state index contributed by atoms with van der Waals surface area (Å²) < 4.78 is 18.9. The Hall–Kier alpha value is -5.26. The van der Waals surface area contributed by atoms with E-state index >= 15 is 0 Å². The number of ether oxygens (including phenoxy) is 1. The van der Waals surface area contributed by atoms with Crippen LogP contribution >= 0.6 is 0 Å². The zero-order chi connectivity index (χ0) is 25.7. The molecule has 2 aromatic heterocycles. The Morgan fingerprint density at radius 2 is 1.72 bits per heavy atom. The molecule has 0 unspecified atom stereocenters. The quantitative estimate of drug-likeness (QED) is 0.304. The summed E-state index contributed by atoms with van der Waals surface area (Å²) in [5, 5.41) is 13.6. The van der Waals surface area contributed by atoms with Crippen molar-refractivity contribution in [1.29, 1.82) is 0 Å². The Bertz CT molecular complexity index is 1420. The fraction of sp³-hybridized carbons (Fsp3) is 0.0417. The second-order valence-electron chi connectivity index (χ2n) is 7.29. The van der Waals surface area contributed by atoms with Crippen molar-refractivity contribution in [3.63, 3.8) is 0 Å². The van der Waals surface area contributed by atoms with E-state index in [2.05, 4.69) is 20.9 Å². The maximum absolute atomic E-state index is 13.6. The number of hydrogen-bond donors (Lipinski definition) is 4. The molecule has 0 bridgehead atoms. The van der Waals surface area contributed by atoms with Crippen LogP contribution in [0, 0.1) is 5.82 Å². The van der Waals surface area contributed by atoms with Crippen molar-refractivity contribution in [3.8, 4) is 28.1 Å². The Balaban J connectivity index is 1.83. The summed E-state index contributed by atoms with van der Waals surface area (Å²) in [6, 6.07) is 15.0. The van der Waals surface area contributed by atoms with Crippen LogP contribution in [0.1, 0.15) is 20.8 Å². The Labute approximate surface area is 203 Å². The number of amides is 3. The van der Waals surface area contributed by atoms with Gasteiger partial charge in [0.15, 0.2) is 5.69 Å². The highest BCUT2D eigenvalue weighted by molar-refractivity contribution is 6.05. The smallest absolute Gasteiger partial charge is 0.425 e. The molecule has 0 aliphatic heterocycles. The number of hydrogen-bond acceptors (Lipinski definition) is 6. The molecule has 4 N–H and O–H groups in total. The van der Waals surface area contributed by atoms with E-state index in [0.29, 0.717) is 16.9 Å². The first-order valence-electron chi connectivity index (χ1n) is 10.4. The van der Waals surface area contributed by atoms with Crippen LogP contribution in [0.4, 0.5) is 9.18 Å². The lowest BCUT2D eigenvalue weighted by Crippen LogP contribution is -2.43. The molecule has 182 valence electrons. The molecule has 0 saturated carbocycles. The first kappa shape index (κ1) is 23.9. The molecule has 12 heteroatoms. The molecular formula is C24H19FN6O5. The molecular weight excluding hydrogens is 471 g/mol. The van der Waals surface area contributed by atoms with Gasteiger partial charge in [-0.25, -0.2) is 14.6 Å². The van der Waals surface area contributed by atoms with Crippen LogP contribution in [0.2, 0.25) is 0 Å². The van der Waals surface area contributed by atoms with Crippen LogP contribution in [-0.4, -0.2) is 45.0 Å². The second kappa shape index (κ2) is 10.3. The van der Waals surface area contributed by atoms with Gasteiger partial charge in [-0.05, 0) is 54.1 Å². The third kappa shape index (κ3) is 5.12. The number of nitrogens with zero attached hydrogens (tertiary/aromatic N) is 3. The van der Waals surface area contributed by atoms with E-state index in [9.17, 15) is 23.9 Å². The van der Waals surface area contributed by atoms with Gasteiger partial charge in [0.25, 0.3) is 11.8 Å². The predicted octanol–water partition coefficient (Wildman–Crippen LogP) is 3.06. The Morgan fingerprint density at radius 1 is 0.972 bits per heavy atom. The average molecular weight is 490 g/mol. The van der Waals surface area contributed by atoms with Crippen LogP contribution in [0.3, 0.4) is 0 Å². The minimum absolute atomic E-state index is 0.181. The summed E-state index contributed by atoms with van der Waals surface area (Å²) >= 11 is 0. The highest BCUT2D eigenvalue weighted by atomic mass is 19.1. The monoisotopic (exact) mass is 490 g/mol. The van der Waals surface area contributed by atoms with Crippen LogP contribution < -0.4 is 21.0 Å². The summed E-state index contributed by atoms with van der Waals surface area (Å²) in [6.45, 7) is 0. The van der Waals surface area contributed by atoms with Gasteiger partial charge >= 0.3 is 6.09 Å². The van der Waals surface area contributed by atoms with E-state index in [0.717, 1.165) is 4.79 Å². The van der Waals surface area contributed by atoms with E-state index in [1.807, 2.05) is 5.43 Å². The zero-order valence-electron chi connectivity index (χ0n) is 18.7. The lowest BCUT2D eigenvalue weighted by Gasteiger charge is -2.12. The molecule has 0 fully saturated rings. The molecule has 36 heavy (non-hydrogen) atoms. The van der Waals surface area contributed by atoms with Gasteiger partial charge in [0.05, 0.1) is 12.7 Å². The maximum Gasteiger partial charge on any atom is 0.425 e. The van der Waals surface area contributed by atoms with Gasteiger partial charge in [0, 0.05) is 23.5 Å². The number of carbonyl (C=O) groups is 3. The topological polar surface area (TPSA) is 147 Å². The van der Waals surface area contributed by atoms with Crippen molar-refractivity contribution >= 4 is 17.9 Å². The number of methoxy groups -OCH3 is 1. The normalized spacial score (nSPS) is 10.4. The molecule has 2 heterocycles. The lowest BCUT2D eigenvalue weighted by molar-refractivity contribution is 0.0841. The molecule has 2 aromatic carbocycles. The van der Waals surface area contributed by atoms with Gasteiger partial charge in [-0.15, -0.1) is 0 Å². The van der Waals surface area contributed by atoms with E-state index in [-0.39, 0.29) is 22.5 Å². The van der Waals surface area contributed by atoms with E-state index in [1.54, 1.807) is 30.3 Å². The van der Waals surface area contributed by atoms with Gasteiger partial charge in [0.1, 0.15) is 17.3 Å². The number of carboxylic acid groups (broad SMARTS) is 1. The summed E-state index contributed by atoms with van der Waals surface area (Å²) in [7, 11) is 1.47. The first-order chi connectivity index (χ1) is 17.4. The molecule has 0 aliphatic rings. The number of nitrogens with one attached hydrogen (secondary N) is 3. The van der Waals surface area contributed by atoms with Crippen LogP contribution in [0.5, 0.6) is 5.75 Å². The number of pyridine rings is 1. The van der Waals surface area contributed by atoms with Crippen molar-refractivity contribution in [2.24, 2.45) is 0 Å². The lowest BCUT2D eigenvalue weighted by atomic mass is 9.98. The van der Waals surface area contributed by atoms with Crippen molar-refractivity contribution in [2.45, 2.75) is 0 Å². The number of carbonyl (C=O) groups excluding carboxylic acids is 2. The van der Waals surface area contributed by atoms with Crippen molar-refractivity contribution in [3.05, 3.63) is 90.1 Å².